The number of aromatic nitrogens is 2. The van der Waals surface area contributed by atoms with Gasteiger partial charge in [-0.05, 0) is 56.6 Å². The second-order valence-electron chi connectivity index (χ2n) is 10.1. The molecule has 2 saturated heterocycles. The van der Waals surface area contributed by atoms with E-state index in [4.69, 9.17) is 15.5 Å². The minimum Gasteiger partial charge on any atom is -0.462 e. The molecule has 4 N–H and O–H groups in total. The molecule has 0 amide bonds. The maximum Gasteiger partial charge on any atom is 0.319 e. The van der Waals surface area contributed by atoms with Gasteiger partial charge in [0.1, 0.15) is 17.9 Å². The van der Waals surface area contributed by atoms with Crippen LogP contribution in [0.4, 0.5) is 15.9 Å². The number of ether oxygens (including phenoxy) is 1. The molecule has 6 rings (SSSR count). The fraction of sp³-hybridized carbons (Fsp3) is 0.481. The molecular weight excluding hydrogens is 489 g/mol. The van der Waals surface area contributed by atoms with E-state index >= 15 is 4.39 Å². The summed E-state index contributed by atoms with van der Waals surface area (Å²) in [6.45, 7) is 6.92. The van der Waals surface area contributed by atoms with Gasteiger partial charge in [0.25, 0.3) is 0 Å². The largest absolute Gasteiger partial charge is 0.462 e. The lowest BCUT2D eigenvalue weighted by atomic mass is 10.1. The Morgan fingerprint density at radius 1 is 1.19 bits per heavy atom. The van der Waals surface area contributed by atoms with Crippen LogP contribution in [0.15, 0.2) is 35.2 Å². The summed E-state index contributed by atoms with van der Waals surface area (Å²) < 4.78 is 22.4. The SMILES string of the molecule is CCc1ccc2c(c1)SC(N)(c1ccc3c(N4CCNCC4)nc(OC[C@@H]4CCCN4C)nc3c1F)N2. The van der Waals surface area contributed by atoms with Gasteiger partial charge in [-0.1, -0.05) is 30.8 Å². The van der Waals surface area contributed by atoms with Crippen LogP contribution in [-0.2, 0) is 11.4 Å². The molecule has 2 fully saturated rings. The van der Waals surface area contributed by atoms with Crippen LogP contribution in [0.25, 0.3) is 10.9 Å². The molecule has 37 heavy (non-hydrogen) atoms. The lowest BCUT2D eigenvalue weighted by molar-refractivity contribution is 0.188. The lowest BCUT2D eigenvalue weighted by Gasteiger charge is -2.30. The van der Waals surface area contributed by atoms with Crippen molar-refractivity contribution in [2.75, 3.05) is 56.6 Å². The molecule has 0 spiro atoms. The molecule has 0 saturated carbocycles. The summed E-state index contributed by atoms with van der Waals surface area (Å²) in [4.78, 5) is 13.7. The Labute approximate surface area is 221 Å². The standard InChI is InChI=1S/C27H34FN7OS/c1-3-17-6-9-21-22(15-17)37-27(29,33-21)20-8-7-19-24(23(20)28)31-26(36-16-18-5-4-12-34(18)2)32-25(19)35-13-10-30-11-14-35/h6-9,15,18,30,33H,3-5,10-14,16,29H2,1-2H3/t18-,27?/m0/s1. The van der Waals surface area contributed by atoms with Crippen LogP contribution in [0.2, 0.25) is 0 Å². The summed E-state index contributed by atoms with van der Waals surface area (Å²) >= 11 is 1.44. The summed E-state index contributed by atoms with van der Waals surface area (Å²) in [5.74, 6) is 0.269. The van der Waals surface area contributed by atoms with Gasteiger partial charge in [0, 0.05) is 48.1 Å². The van der Waals surface area contributed by atoms with Crippen LogP contribution in [-0.4, -0.2) is 67.3 Å². The average Bonchev–Trinajstić information content (AvgIpc) is 3.49. The van der Waals surface area contributed by atoms with Gasteiger partial charge < -0.3 is 25.2 Å². The van der Waals surface area contributed by atoms with E-state index in [0.29, 0.717) is 29.4 Å². The first-order valence-electron chi connectivity index (χ1n) is 13.1. The Morgan fingerprint density at radius 3 is 2.78 bits per heavy atom. The Kier molecular flexibility index (Phi) is 6.60. The van der Waals surface area contributed by atoms with E-state index in [1.54, 1.807) is 6.07 Å². The van der Waals surface area contributed by atoms with Crippen LogP contribution in [0.5, 0.6) is 6.01 Å². The molecule has 10 heteroatoms. The van der Waals surface area contributed by atoms with Gasteiger partial charge in [-0.3, -0.25) is 5.73 Å². The third kappa shape index (κ3) is 4.60. The number of anilines is 2. The molecule has 196 valence electrons. The van der Waals surface area contributed by atoms with E-state index in [2.05, 4.69) is 51.5 Å². The van der Waals surface area contributed by atoms with Gasteiger partial charge in [-0.25, -0.2) is 4.39 Å². The molecule has 8 nitrogen and oxygen atoms in total. The van der Waals surface area contributed by atoms with Gasteiger partial charge in [0.05, 0.1) is 5.69 Å². The smallest absolute Gasteiger partial charge is 0.319 e. The Morgan fingerprint density at radius 2 is 2.03 bits per heavy atom. The number of aryl methyl sites for hydroxylation is 1. The molecular formula is C27H34FN7OS. The molecule has 3 aliphatic rings. The highest BCUT2D eigenvalue weighted by atomic mass is 32.2. The first kappa shape index (κ1) is 24.7. The number of halogens is 1. The number of fused-ring (bicyclic) bond motifs is 2. The molecule has 3 aromatic rings. The van der Waals surface area contributed by atoms with Crippen LogP contribution in [0.3, 0.4) is 0 Å². The number of nitrogens with one attached hydrogen (secondary N) is 2. The van der Waals surface area contributed by atoms with Crippen LogP contribution < -0.4 is 26.0 Å². The quantitative estimate of drug-likeness (QED) is 0.449. The van der Waals surface area contributed by atoms with E-state index in [1.165, 1.54) is 17.3 Å². The van der Waals surface area contributed by atoms with Crippen molar-refractivity contribution in [1.29, 1.82) is 0 Å². The number of piperazine rings is 1. The predicted octanol–water partition coefficient (Wildman–Crippen LogP) is 3.50. The molecule has 0 radical (unpaired) electrons. The van der Waals surface area contributed by atoms with Gasteiger partial charge in [-0.2, -0.15) is 9.97 Å². The zero-order valence-electron chi connectivity index (χ0n) is 21.4. The second kappa shape index (κ2) is 9.90. The molecule has 0 bridgehead atoms. The number of nitrogens with two attached hydrogens (primary N) is 1. The maximum absolute atomic E-state index is 16.3. The van der Waals surface area contributed by atoms with Crippen LogP contribution >= 0.6 is 11.8 Å². The molecule has 2 atom stereocenters. The van der Waals surface area contributed by atoms with Crippen LogP contribution in [0, 0.1) is 5.82 Å². The Hall–Kier alpha value is -2.66. The summed E-state index contributed by atoms with van der Waals surface area (Å²) in [6.07, 6.45) is 3.16. The van der Waals surface area contributed by atoms with Crippen LogP contribution in [0.1, 0.15) is 30.9 Å². The van der Waals surface area contributed by atoms with Gasteiger partial charge >= 0.3 is 6.01 Å². The molecule has 2 aromatic carbocycles. The molecule has 3 aliphatic heterocycles. The summed E-state index contributed by atoms with van der Waals surface area (Å²) in [7, 11) is 2.11. The van der Waals surface area contributed by atoms with E-state index in [1.807, 2.05) is 12.1 Å². The van der Waals surface area contributed by atoms with E-state index in [-0.39, 0.29) is 11.5 Å². The summed E-state index contributed by atoms with van der Waals surface area (Å²) in [5, 5.41) is 7.39. The predicted molar refractivity (Wildman–Crippen MR) is 147 cm³/mol. The van der Waals surface area contributed by atoms with Crippen molar-refractivity contribution < 1.29 is 9.13 Å². The van der Waals surface area contributed by atoms with Crippen molar-refractivity contribution in [2.24, 2.45) is 5.73 Å². The summed E-state index contributed by atoms with van der Waals surface area (Å²) in [5.41, 5.74) is 9.55. The maximum atomic E-state index is 16.3. The zero-order chi connectivity index (χ0) is 25.6. The average molecular weight is 524 g/mol. The number of likely N-dealkylation sites (N-methyl/N-ethyl adjacent to an activating group) is 1. The Balaban J connectivity index is 1.39. The third-order valence-corrected chi connectivity index (χ3v) is 8.91. The second-order valence-corrected chi connectivity index (χ2v) is 11.4. The molecule has 1 aromatic heterocycles. The van der Waals surface area contributed by atoms with Gasteiger partial charge in [0.2, 0.25) is 0 Å². The fourth-order valence-corrected chi connectivity index (χ4v) is 6.67. The monoisotopic (exact) mass is 523 g/mol. The number of thioether (sulfide) groups is 1. The van der Waals surface area contributed by atoms with E-state index in [9.17, 15) is 0 Å². The lowest BCUT2D eigenvalue weighted by Crippen LogP contribution is -2.44. The van der Waals surface area contributed by atoms with Crippen molar-refractivity contribution in [3.63, 3.8) is 0 Å². The zero-order valence-corrected chi connectivity index (χ0v) is 22.2. The molecule has 1 unspecified atom stereocenters. The van der Waals surface area contributed by atoms with Gasteiger partial charge in [0.15, 0.2) is 10.8 Å². The number of nitrogens with zero attached hydrogens (tertiary/aromatic N) is 4. The van der Waals surface area contributed by atoms with Crippen molar-refractivity contribution in [2.45, 2.75) is 42.1 Å². The number of hydrogen-bond acceptors (Lipinski definition) is 9. The minimum absolute atomic E-state index is 0.214. The topological polar surface area (TPSA) is 91.6 Å². The van der Waals surface area contributed by atoms with E-state index in [0.717, 1.165) is 62.6 Å². The number of rotatable bonds is 6. The highest BCUT2D eigenvalue weighted by Crippen LogP contribution is 2.49. The number of hydrogen-bond donors (Lipinski definition) is 3. The van der Waals surface area contributed by atoms with E-state index < -0.39 is 10.8 Å². The molecule has 4 heterocycles. The third-order valence-electron chi connectivity index (χ3n) is 7.70. The van der Waals surface area contributed by atoms with Crippen molar-refractivity contribution in [1.82, 2.24) is 20.2 Å². The van der Waals surface area contributed by atoms with Crippen molar-refractivity contribution >= 4 is 34.2 Å². The minimum atomic E-state index is -1.14. The first-order chi connectivity index (χ1) is 17.9. The normalized spacial score (nSPS) is 23.9. The first-order valence-corrected chi connectivity index (χ1v) is 14.0. The van der Waals surface area contributed by atoms with Crippen molar-refractivity contribution in [3.05, 3.63) is 47.3 Å². The Bertz CT molecular complexity index is 1320. The highest BCUT2D eigenvalue weighted by molar-refractivity contribution is 8.00. The number of benzene rings is 2. The van der Waals surface area contributed by atoms with Crippen molar-refractivity contribution in [3.8, 4) is 6.01 Å². The number of likely N-dealkylation sites (tertiary alicyclic amines) is 1. The fourth-order valence-electron chi connectivity index (χ4n) is 5.45. The highest BCUT2D eigenvalue weighted by Gasteiger charge is 2.39. The molecule has 0 aliphatic carbocycles. The summed E-state index contributed by atoms with van der Waals surface area (Å²) in [6, 6.07) is 10.4. The van der Waals surface area contributed by atoms with Gasteiger partial charge in [-0.15, -0.1) is 0 Å².